The van der Waals surface area contributed by atoms with Crippen molar-refractivity contribution in [3.63, 3.8) is 0 Å². The molecule has 1 heterocycles. The Morgan fingerprint density at radius 2 is 1.74 bits per heavy atom. The van der Waals surface area contributed by atoms with Crippen molar-refractivity contribution in [2.45, 2.75) is 19.9 Å². The summed E-state index contributed by atoms with van der Waals surface area (Å²) >= 11 is 0. The van der Waals surface area contributed by atoms with E-state index in [0.717, 1.165) is 5.56 Å². The number of hydrogen-bond acceptors (Lipinski definition) is 4. The molecule has 6 nitrogen and oxygen atoms in total. The van der Waals surface area contributed by atoms with Gasteiger partial charge >= 0.3 is 0 Å². The van der Waals surface area contributed by atoms with Gasteiger partial charge in [-0.05, 0) is 38.1 Å². The maximum Gasteiger partial charge on any atom is 0.254 e. The molecule has 3 rings (SSSR count). The van der Waals surface area contributed by atoms with Crippen LogP contribution < -0.4 is 14.4 Å². The highest BCUT2D eigenvalue weighted by Gasteiger charge is 2.36. The van der Waals surface area contributed by atoms with E-state index in [9.17, 15) is 9.59 Å². The minimum atomic E-state index is -0.556. The molecule has 142 valence electrons. The van der Waals surface area contributed by atoms with Gasteiger partial charge in [0, 0.05) is 24.7 Å². The SMILES string of the molecule is COc1ccc(N2CCN(C(=O)c3ccc(C)cc3)[C@@H](C)C2=O)c(OC)c1. The number of methoxy groups -OCH3 is 2. The fraction of sp³-hybridized carbons (Fsp3) is 0.333. The van der Waals surface area contributed by atoms with Crippen LogP contribution in [0.1, 0.15) is 22.8 Å². The number of piperazine rings is 1. The number of carbonyl (C=O) groups excluding carboxylic acids is 2. The molecule has 1 fully saturated rings. The van der Waals surface area contributed by atoms with Crippen molar-refractivity contribution >= 4 is 17.5 Å². The summed E-state index contributed by atoms with van der Waals surface area (Å²) in [6.45, 7) is 4.59. The molecular formula is C21H24N2O4. The number of ether oxygens (including phenoxy) is 2. The van der Waals surface area contributed by atoms with E-state index in [-0.39, 0.29) is 11.8 Å². The fourth-order valence-corrected chi connectivity index (χ4v) is 3.26. The molecule has 0 radical (unpaired) electrons. The number of carbonyl (C=O) groups is 2. The quantitative estimate of drug-likeness (QED) is 0.833. The summed E-state index contributed by atoms with van der Waals surface area (Å²) in [7, 11) is 3.14. The molecule has 0 aromatic heterocycles. The Morgan fingerprint density at radius 3 is 2.37 bits per heavy atom. The van der Waals surface area contributed by atoms with Gasteiger partial charge in [0.2, 0.25) is 5.91 Å². The molecular weight excluding hydrogens is 344 g/mol. The predicted octanol–water partition coefficient (Wildman–Crippen LogP) is 2.89. The van der Waals surface area contributed by atoms with Crippen LogP contribution in [-0.4, -0.2) is 50.1 Å². The van der Waals surface area contributed by atoms with Gasteiger partial charge in [-0.15, -0.1) is 0 Å². The van der Waals surface area contributed by atoms with Crippen LogP contribution in [0.25, 0.3) is 0 Å². The smallest absolute Gasteiger partial charge is 0.254 e. The van der Waals surface area contributed by atoms with E-state index in [1.807, 2.05) is 19.1 Å². The van der Waals surface area contributed by atoms with E-state index in [4.69, 9.17) is 9.47 Å². The third kappa shape index (κ3) is 3.60. The summed E-state index contributed by atoms with van der Waals surface area (Å²) in [6.07, 6.45) is 0. The van der Waals surface area contributed by atoms with Gasteiger partial charge in [-0.3, -0.25) is 9.59 Å². The Morgan fingerprint density at radius 1 is 1.04 bits per heavy atom. The molecule has 2 aromatic rings. The predicted molar refractivity (Wildman–Crippen MR) is 104 cm³/mol. The molecule has 2 aromatic carbocycles. The van der Waals surface area contributed by atoms with Crippen LogP contribution in [0.5, 0.6) is 11.5 Å². The number of hydrogen-bond donors (Lipinski definition) is 0. The van der Waals surface area contributed by atoms with E-state index in [2.05, 4.69) is 0 Å². The third-order valence-corrected chi connectivity index (χ3v) is 4.89. The van der Waals surface area contributed by atoms with Crippen molar-refractivity contribution in [2.24, 2.45) is 0 Å². The van der Waals surface area contributed by atoms with E-state index in [1.54, 1.807) is 61.3 Å². The lowest BCUT2D eigenvalue weighted by atomic mass is 10.1. The monoisotopic (exact) mass is 368 g/mol. The average Bonchev–Trinajstić information content (AvgIpc) is 2.69. The first-order valence-corrected chi connectivity index (χ1v) is 8.87. The molecule has 0 N–H and O–H groups in total. The summed E-state index contributed by atoms with van der Waals surface area (Å²) in [5.41, 5.74) is 2.36. The lowest BCUT2D eigenvalue weighted by molar-refractivity contribution is -0.124. The fourth-order valence-electron chi connectivity index (χ4n) is 3.26. The highest BCUT2D eigenvalue weighted by Crippen LogP contribution is 2.34. The number of anilines is 1. The van der Waals surface area contributed by atoms with Crippen LogP contribution in [0.3, 0.4) is 0 Å². The number of amides is 2. The first kappa shape index (κ1) is 18.8. The van der Waals surface area contributed by atoms with E-state index in [1.165, 1.54) is 0 Å². The van der Waals surface area contributed by atoms with E-state index < -0.39 is 6.04 Å². The number of rotatable bonds is 4. The molecule has 6 heteroatoms. The summed E-state index contributed by atoms with van der Waals surface area (Å²) in [5, 5.41) is 0. The minimum absolute atomic E-state index is 0.128. The second-order valence-electron chi connectivity index (χ2n) is 6.57. The van der Waals surface area contributed by atoms with Gasteiger partial charge in [-0.25, -0.2) is 0 Å². The van der Waals surface area contributed by atoms with Crippen LogP contribution in [0, 0.1) is 6.92 Å². The van der Waals surface area contributed by atoms with Crippen molar-refractivity contribution in [1.29, 1.82) is 0 Å². The molecule has 1 saturated heterocycles. The van der Waals surface area contributed by atoms with Crippen LogP contribution in [-0.2, 0) is 4.79 Å². The zero-order chi connectivity index (χ0) is 19.6. The van der Waals surface area contributed by atoms with Crippen LogP contribution >= 0.6 is 0 Å². The van der Waals surface area contributed by atoms with Crippen LogP contribution in [0.2, 0.25) is 0 Å². The first-order valence-electron chi connectivity index (χ1n) is 8.87. The standard InChI is InChI=1S/C21H24N2O4/c1-14-5-7-16(8-6-14)21(25)22-11-12-23(20(24)15(22)2)18-10-9-17(26-3)13-19(18)27-4/h5-10,13,15H,11-12H2,1-4H3/t15-/m0/s1. The molecule has 0 bridgehead atoms. The van der Waals surface area contributed by atoms with E-state index in [0.29, 0.717) is 35.8 Å². The number of benzene rings is 2. The van der Waals surface area contributed by atoms with Gasteiger partial charge < -0.3 is 19.3 Å². The number of nitrogens with zero attached hydrogens (tertiary/aromatic N) is 2. The van der Waals surface area contributed by atoms with Gasteiger partial charge in [0.05, 0.1) is 19.9 Å². The molecule has 1 aliphatic heterocycles. The Hall–Kier alpha value is -3.02. The van der Waals surface area contributed by atoms with Crippen molar-refractivity contribution in [2.75, 3.05) is 32.2 Å². The molecule has 0 unspecified atom stereocenters. The molecule has 0 saturated carbocycles. The Kier molecular flexibility index (Phi) is 5.35. The van der Waals surface area contributed by atoms with Crippen molar-refractivity contribution in [3.05, 3.63) is 53.6 Å². The summed E-state index contributed by atoms with van der Waals surface area (Å²) < 4.78 is 10.6. The summed E-state index contributed by atoms with van der Waals surface area (Å²) in [4.78, 5) is 29.1. The molecule has 1 atom stereocenters. The van der Waals surface area contributed by atoms with Gasteiger partial charge in [-0.1, -0.05) is 17.7 Å². The van der Waals surface area contributed by atoms with Crippen molar-refractivity contribution < 1.29 is 19.1 Å². The lowest BCUT2D eigenvalue weighted by Crippen LogP contribution is -2.57. The van der Waals surface area contributed by atoms with E-state index >= 15 is 0 Å². The maximum absolute atomic E-state index is 13.0. The lowest BCUT2D eigenvalue weighted by Gasteiger charge is -2.39. The van der Waals surface area contributed by atoms with Crippen molar-refractivity contribution in [1.82, 2.24) is 4.90 Å². The molecule has 0 spiro atoms. The molecule has 27 heavy (non-hydrogen) atoms. The van der Waals surface area contributed by atoms with Gasteiger partial charge in [0.15, 0.2) is 0 Å². The Bertz CT molecular complexity index is 848. The zero-order valence-corrected chi connectivity index (χ0v) is 16.1. The largest absolute Gasteiger partial charge is 0.497 e. The Labute approximate surface area is 159 Å². The average molecular weight is 368 g/mol. The Balaban J connectivity index is 1.82. The summed E-state index contributed by atoms with van der Waals surface area (Å²) in [6, 6.07) is 12.2. The highest BCUT2D eigenvalue weighted by atomic mass is 16.5. The topological polar surface area (TPSA) is 59.1 Å². The number of aryl methyl sites for hydroxylation is 1. The van der Waals surface area contributed by atoms with Crippen LogP contribution in [0.15, 0.2) is 42.5 Å². The van der Waals surface area contributed by atoms with Gasteiger partial charge in [0.1, 0.15) is 17.5 Å². The zero-order valence-electron chi connectivity index (χ0n) is 16.1. The first-order chi connectivity index (χ1) is 13.0. The maximum atomic E-state index is 13.0. The van der Waals surface area contributed by atoms with Crippen molar-refractivity contribution in [3.8, 4) is 11.5 Å². The highest BCUT2D eigenvalue weighted by molar-refractivity contribution is 6.04. The molecule has 2 amide bonds. The second-order valence-corrected chi connectivity index (χ2v) is 6.57. The molecule has 1 aliphatic rings. The van der Waals surface area contributed by atoms with Gasteiger partial charge in [-0.2, -0.15) is 0 Å². The third-order valence-electron chi connectivity index (χ3n) is 4.89. The van der Waals surface area contributed by atoms with Gasteiger partial charge in [0.25, 0.3) is 5.91 Å². The normalized spacial score (nSPS) is 17.0. The van der Waals surface area contributed by atoms with Crippen LogP contribution in [0.4, 0.5) is 5.69 Å². The minimum Gasteiger partial charge on any atom is -0.497 e. The second kappa shape index (κ2) is 7.70. The molecule has 0 aliphatic carbocycles. The summed E-state index contributed by atoms with van der Waals surface area (Å²) in [5.74, 6) is 0.958.